The first-order valence-corrected chi connectivity index (χ1v) is 7.90. The van der Waals surface area contributed by atoms with Crippen LogP contribution < -0.4 is 0 Å². The van der Waals surface area contributed by atoms with Crippen molar-refractivity contribution in [3.63, 3.8) is 0 Å². The molecule has 3 aromatic rings. The Morgan fingerprint density at radius 3 is 2.30 bits per heavy atom. The first-order valence-electron chi connectivity index (χ1n) is 7.02. The van der Waals surface area contributed by atoms with E-state index in [9.17, 15) is 9.59 Å². The predicted molar refractivity (Wildman–Crippen MR) is 88.9 cm³/mol. The van der Waals surface area contributed by atoms with E-state index in [2.05, 4.69) is 10.1 Å². The smallest absolute Gasteiger partial charge is 0.267 e. The maximum absolute atomic E-state index is 12.6. The second kappa shape index (κ2) is 5.10. The Balaban J connectivity index is 1.81. The number of hydrogen-bond donors (Lipinski definition) is 0. The standard InChI is InChI=1S/C17H11N3O2S/c1-10-19-12(9-23-10)8-18-20-16(21)13-6-2-4-11-5-3-7-14(15(11)13)17(20)22/h2-9H,1H3/b18-8-. The van der Waals surface area contributed by atoms with Crippen LogP contribution in [-0.4, -0.2) is 28.0 Å². The first kappa shape index (κ1) is 13.8. The number of carbonyl (C=O) groups excluding carboxylic acids is 2. The average Bonchev–Trinajstić information content (AvgIpc) is 2.98. The number of aromatic nitrogens is 1. The number of hydrazone groups is 1. The van der Waals surface area contributed by atoms with Gasteiger partial charge >= 0.3 is 0 Å². The first-order chi connectivity index (χ1) is 11.1. The number of rotatable bonds is 2. The van der Waals surface area contributed by atoms with Crippen LogP contribution in [0.2, 0.25) is 0 Å². The lowest BCUT2D eigenvalue weighted by atomic mass is 9.95. The van der Waals surface area contributed by atoms with Crippen molar-refractivity contribution in [2.75, 3.05) is 0 Å². The van der Waals surface area contributed by atoms with Crippen molar-refractivity contribution in [1.82, 2.24) is 9.99 Å². The topological polar surface area (TPSA) is 62.6 Å². The maximum Gasteiger partial charge on any atom is 0.282 e. The van der Waals surface area contributed by atoms with Crippen molar-refractivity contribution < 1.29 is 9.59 Å². The van der Waals surface area contributed by atoms with Crippen molar-refractivity contribution in [3.05, 3.63) is 63.6 Å². The summed E-state index contributed by atoms with van der Waals surface area (Å²) in [5.41, 5.74) is 1.61. The Morgan fingerprint density at radius 1 is 1.09 bits per heavy atom. The van der Waals surface area contributed by atoms with Crippen LogP contribution >= 0.6 is 11.3 Å². The molecule has 23 heavy (non-hydrogen) atoms. The number of nitrogens with zero attached hydrogens (tertiary/aromatic N) is 3. The van der Waals surface area contributed by atoms with Gasteiger partial charge in [0.15, 0.2) is 0 Å². The molecule has 6 heteroatoms. The van der Waals surface area contributed by atoms with Crippen LogP contribution in [0.5, 0.6) is 0 Å². The minimum atomic E-state index is -0.414. The molecule has 0 aliphatic carbocycles. The van der Waals surface area contributed by atoms with E-state index < -0.39 is 11.8 Å². The van der Waals surface area contributed by atoms with Crippen molar-refractivity contribution in [2.45, 2.75) is 6.92 Å². The molecule has 0 atom stereocenters. The monoisotopic (exact) mass is 321 g/mol. The highest BCUT2D eigenvalue weighted by molar-refractivity contribution is 7.09. The molecule has 1 aliphatic rings. The molecular weight excluding hydrogens is 310 g/mol. The normalized spacial score (nSPS) is 14.2. The molecule has 1 aliphatic heterocycles. The molecule has 0 radical (unpaired) electrons. The number of carbonyl (C=O) groups is 2. The number of imide groups is 1. The van der Waals surface area contributed by atoms with Crippen molar-refractivity contribution in [2.24, 2.45) is 5.10 Å². The molecule has 2 heterocycles. The lowest BCUT2D eigenvalue weighted by Crippen LogP contribution is -2.36. The minimum Gasteiger partial charge on any atom is -0.267 e. The fraction of sp³-hybridized carbons (Fsp3) is 0.0588. The third kappa shape index (κ3) is 2.15. The lowest BCUT2D eigenvalue weighted by molar-refractivity contribution is 0.0616. The van der Waals surface area contributed by atoms with Crippen LogP contribution in [0.25, 0.3) is 10.8 Å². The van der Waals surface area contributed by atoms with Gasteiger partial charge in [-0.2, -0.15) is 10.1 Å². The van der Waals surface area contributed by atoms with Gasteiger partial charge in [0.2, 0.25) is 0 Å². The van der Waals surface area contributed by atoms with Gasteiger partial charge < -0.3 is 0 Å². The van der Waals surface area contributed by atoms with Gasteiger partial charge in [0.1, 0.15) is 0 Å². The largest absolute Gasteiger partial charge is 0.282 e. The number of amides is 2. The van der Waals surface area contributed by atoms with E-state index in [1.165, 1.54) is 17.6 Å². The zero-order chi connectivity index (χ0) is 16.0. The average molecular weight is 321 g/mol. The quantitative estimate of drug-likeness (QED) is 0.538. The summed E-state index contributed by atoms with van der Waals surface area (Å²) < 4.78 is 0. The SMILES string of the molecule is Cc1nc(/C=N\N2C(=O)c3cccc4cccc(c34)C2=O)cs1. The second-order valence-corrected chi connectivity index (χ2v) is 6.23. The molecule has 0 fully saturated rings. The van der Waals surface area contributed by atoms with Gasteiger partial charge in [-0.1, -0.05) is 24.3 Å². The molecule has 0 saturated heterocycles. The third-order valence-corrected chi connectivity index (χ3v) is 4.48. The van der Waals surface area contributed by atoms with Gasteiger partial charge in [0.05, 0.1) is 28.0 Å². The molecule has 0 N–H and O–H groups in total. The number of aryl methyl sites for hydroxylation is 1. The van der Waals surface area contributed by atoms with Crippen molar-refractivity contribution >= 4 is 40.1 Å². The molecule has 2 aromatic carbocycles. The Kier molecular flexibility index (Phi) is 3.06. The molecule has 4 rings (SSSR count). The van der Waals surface area contributed by atoms with E-state index in [-0.39, 0.29) is 0 Å². The molecule has 1 aromatic heterocycles. The van der Waals surface area contributed by atoms with E-state index in [0.717, 1.165) is 15.4 Å². The van der Waals surface area contributed by atoms with Gasteiger partial charge in [-0.3, -0.25) is 9.59 Å². The Labute approximate surface area is 135 Å². The number of benzene rings is 2. The van der Waals surface area contributed by atoms with Crippen LogP contribution in [0.3, 0.4) is 0 Å². The Morgan fingerprint density at radius 2 is 1.74 bits per heavy atom. The Hall–Kier alpha value is -2.86. The highest BCUT2D eigenvalue weighted by atomic mass is 32.1. The second-order valence-electron chi connectivity index (χ2n) is 5.17. The van der Waals surface area contributed by atoms with Crippen molar-refractivity contribution in [3.8, 4) is 0 Å². The number of hydrogen-bond acceptors (Lipinski definition) is 5. The molecule has 0 spiro atoms. The summed E-state index contributed by atoms with van der Waals surface area (Å²) in [6, 6.07) is 10.8. The predicted octanol–water partition coefficient (Wildman–Crippen LogP) is 3.23. The fourth-order valence-electron chi connectivity index (χ4n) is 2.68. The summed E-state index contributed by atoms with van der Waals surface area (Å²) in [6.45, 7) is 1.89. The fourth-order valence-corrected chi connectivity index (χ4v) is 3.24. The van der Waals surface area contributed by atoms with Gasteiger partial charge in [-0.25, -0.2) is 4.98 Å². The minimum absolute atomic E-state index is 0.414. The van der Waals surface area contributed by atoms with Gasteiger partial charge in [0.25, 0.3) is 11.8 Å². The molecule has 112 valence electrons. The van der Waals surface area contributed by atoms with Gasteiger partial charge in [-0.15, -0.1) is 11.3 Å². The van der Waals surface area contributed by atoms with Gasteiger partial charge in [-0.05, 0) is 24.4 Å². The highest BCUT2D eigenvalue weighted by Crippen LogP contribution is 2.29. The van der Waals surface area contributed by atoms with E-state index in [1.807, 2.05) is 24.4 Å². The van der Waals surface area contributed by atoms with E-state index in [1.54, 1.807) is 24.3 Å². The molecule has 0 saturated carbocycles. The summed E-state index contributed by atoms with van der Waals surface area (Å²) in [6.07, 6.45) is 1.44. The Bertz CT molecular complexity index is 940. The maximum atomic E-state index is 12.6. The summed E-state index contributed by atoms with van der Waals surface area (Å²) >= 11 is 1.49. The molecular formula is C17H11N3O2S. The summed E-state index contributed by atoms with van der Waals surface area (Å²) in [5, 5.41) is 9.27. The van der Waals surface area contributed by atoms with Crippen LogP contribution in [0, 0.1) is 6.92 Å². The molecule has 0 unspecified atom stereocenters. The van der Waals surface area contributed by atoms with E-state index >= 15 is 0 Å². The van der Waals surface area contributed by atoms with Crippen LogP contribution in [0.15, 0.2) is 46.9 Å². The lowest BCUT2D eigenvalue weighted by Gasteiger charge is -2.22. The van der Waals surface area contributed by atoms with Crippen LogP contribution in [-0.2, 0) is 0 Å². The zero-order valence-corrected chi connectivity index (χ0v) is 13.0. The molecule has 0 bridgehead atoms. The third-order valence-electron chi connectivity index (χ3n) is 3.69. The van der Waals surface area contributed by atoms with E-state index in [0.29, 0.717) is 22.2 Å². The van der Waals surface area contributed by atoms with Gasteiger partial charge in [0, 0.05) is 10.8 Å². The van der Waals surface area contributed by atoms with E-state index in [4.69, 9.17) is 0 Å². The highest BCUT2D eigenvalue weighted by Gasteiger charge is 2.32. The van der Waals surface area contributed by atoms with Crippen LogP contribution in [0.1, 0.15) is 31.4 Å². The zero-order valence-electron chi connectivity index (χ0n) is 12.2. The van der Waals surface area contributed by atoms with Crippen molar-refractivity contribution in [1.29, 1.82) is 0 Å². The molecule has 2 amide bonds. The molecule has 5 nitrogen and oxygen atoms in total. The van der Waals surface area contributed by atoms with Crippen LogP contribution in [0.4, 0.5) is 0 Å². The summed E-state index contributed by atoms with van der Waals surface area (Å²) in [5.74, 6) is -0.829. The summed E-state index contributed by atoms with van der Waals surface area (Å²) in [7, 11) is 0. The summed E-state index contributed by atoms with van der Waals surface area (Å²) in [4.78, 5) is 29.5. The number of thiazole rings is 1.